The van der Waals surface area contributed by atoms with Gasteiger partial charge in [0.05, 0.1) is 17.3 Å². The van der Waals surface area contributed by atoms with E-state index in [9.17, 15) is 9.59 Å². The van der Waals surface area contributed by atoms with Crippen LogP contribution in [-0.4, -0.2) is 44.8 Å². The predicted molar refractivity (Wildman–Crippen MR) is 82.7 cm³/mol. The van der Waals surface area contributed by atoms with Gasteiger partial charge in [-0.2, -0.15) is 5.10 Å². The lowest BCUT2D eigenvalue weighted by molar-refractivity contribution is -0.137. The van der Waals surface area contributed by atoms with E-state index in [1.54, 1.807) is 17.1 Å². The van der Waals surface area contributed by atoms with E-state index < -0.39 is 5.97 Å². The molecule has 1 aromatic heterocycles. The molecule has 0 unspecified atom stereocenters. The molecule has 0 aromatic carbocycles. The van der Waals surface area contributed by atoms with Gasteiger partial charge in [-0.05, 0) is 46.0 Å². The standard InChI is InChI=1S/C16H25N3O3/c1-16(2,3)19-11-13(9-17-19)15(22)18-8-4-5-12(10-18)6-7-14(20)21/h9,11-12H,4-8,10H2,1-3H3,(H,20,21)/t12-/m0/s1. The molecule has 0 saturated carbocycles. The molecule has 2 heterocycles. The second-order valence-corrected chi connectivity index (χ2v) is 7.04. The molecule has 1 fully saturated rings. The molecular weight excluding hydrogens is 282 g/mol. The SMILES string of the molecule is CC(C)(C)n1cc(C(=O)N2CCC[C@@H](CCC(=O)O)C2)cn1. The van der Waals surface area contributed by atoms with Crippen LogP contribution in [0.25, 0.3) is 0 Å². The van der Waals surface area contributed by atoms with Crippen molar-refractivity contribution in [1.82, 2.24) is 14.7 Å². The number of piperidine rings is 1. The minimum absolute atomic E-state index is 0.00414. The molecule has 1 aliphatic heterocycles. The highest BCUT2D eigenvalue weighted by molar-refractivity contribution is 5.93. The van der Waals surface area contributed by atoms with Gasteiger partial charge in [0.2, 0.25) is 0 Å². The van der Waals surface area contributed by atoms with Gasteiger partial charge < -0.3 is 10.0 Å². The van der Waals surface area contributed by atoms with Crippen molar-refractivity contribution in [2.75, 3.05) is 13.1 Å². The maximum Gasteiger partial charge on any atom is 0.303 e. The van der Waals surface area contributed by atoms with Gasteiger partial charge in [-0.25, -0.2) is 0 Å². The lowest BCUT2D eigenvalue weighted by Crippen LogP contribution is -2.40. The van der Waals surface area contributed by atoms with Gasteiger partial charge in [0.1, 0.15) is 0 Å². The first-order chi connectivity index (χ1) is 10.3. The predicted octanol–water partition coefficient (Wildman–Crippen LogP) is 2.36. The van der Waals surface area contributed by atoms with E-state index in [4.69, 9.17) is 5.11 Å². The van der Waals surface area contributed by atoms with Crippen molar-refractivity contribution < 1.29 is 14.7 Å². The van der Waals surface area contributed by atoms with Crippen LogP contribution >= 0.6 is 0 Å². The number of hydrogen-bond donors (Lipinski definition) is 1. The summed E-state index contributed by atoms with van der Waals surface area (Å²) < 4.78 is 1.80. The summed E-state index contributed by atoms with van der Waals surface area (Å²) >= 11 is 0. The summed E-state index contributed by atoms with van der Waals surface area (Å²) in [6.07, 6.45) is 6.16. The molecule has 6 nitrogen and oxygen atoms in total. The Bertz CT molecular complexity index is 545. The number of carbonyl (C=O) groups is 2. The molecule has 1 amide bonds. The van der Waals surface area contributed by atoms with Gasteiger partial charge in [0, 0.05) is 25.7 Å². The normalized spacial score (nSPS) is 19.2. The van der Waals surface area contributed by atoms with E-state index in [0.717, 1.165) is 19.4 Å². The van der Waals surface area contributed by atoms with Gasteiger partial charge in [0.15, 0.2) is 0 Å². The Kier molecular flexibility index (Phi) is 4.88. The maximum absolute atomic E-state index is 12.6. The van der Waals surface area contributed by atoms with Crippen LogP contribution in [0.5, 0.6) is 0 Å². The van der Waals surface area contributed by atoms with Crippen LogP contribution in [0.15, 0.2) is 12.4 Å². The number of amides is 1. The molecule has 0 radical (unpaired) electrons. The zero-order chi connectivity index (χ0) is 16.3. The summed E-state index contributed by atoms with van der Waals surface area (Å²) in [5, 5.41) is 13.1. The smallest absolute Gasteiger partial charge is 0.303 e. The number of nitrogens with zero attached hydrogens (tertiary/aromatic N) is 3. The number of rotatable bonds is 4. The average Bonchev–Trinajstić information content (AvgIpc) is 2.94. The Morgan fingerprint density at radius 3 is 2.73 bits per heavy atom. The Balaban J connectivity index is 1.99. The van der Waals surface area contributed by atoms with Crippen molar-refractivity contribution in [3.05, 3.63) is 18.0 Å². The first-order valence-corrected chi connectivity index (χ1v) is 7.83. The quantitative estimate of drug-likeness (QED) is 0.926. The molecule has 22 heavy (non-hydrogen) atoms. The average molecular weight is 307 g/mol. The zero-order valence-electron chi connectivity index (χ0n) is 13.6. The summed E-state index contributed by atoms with van der Waals surface area (Å²) in [4.78, 5) is 25.1. The van der Waals surface area contributed by atoms with Crippen LogP contribution in [0.1, 0.15) is 56.8 Å². The van der Waals surface area contributed by atoms with Crippen LogP contribution in [0.4, 0.5) is 0 Å². The number of likely N-dealkylation sites (tertiary alicyclic amines) is 1. The molecule has 6 heteroatoms. The van der Waals surface area contributed by atoms with E-state index in [0.29, 0.717) is 18.5 Å². The van der Waals surface area contributed by atoms with Crippen molar-refractivity contribution in [2.24, 2.45) is 5.92 Å². The van der Waals surface area contributed by atoms with Crippen molar-refractivity contribution >= 4 is 11.9 Å². The van der Waals surface area contributed by atoms with Crippen LogP contribution in [0.3, 0.4) is 0 Å². The molecule has 122 valence electrons. The fraction of sp³-hybridized carbons (Fsp3) is 0.688. The molecular formula is C16H25N3O3. The second kappa shape index (κ2) is 6.50. The summed E-state index contributed by atoms with van der Waals surface area (Å²) in [5.41, 5.74) is 0.457. The molecule has 0 bridgehead atoms. The number of carboxylic acids is 1. The summed E-state index contributed by atoms with van der Waals surface area (Å²) in [7, 11) is 0. The highest BCUT2D eigenvalue weighted by atomic mass is 16.4. The van der Waals surface area contributed by atoms with E-state index in [1.165, 1.54) is 0 Å². The van der Waals surface area contributed by atoms with E-state index in [2.05, 4.69) is 5.10 Å². The summed E-state index contributed by atoms with van der Waals surface area (Å²) in [6, 6.07) is 0. The van der Waals surface area contributed by atoms with Crippen LogP contribution < -0.4 is 0 Å². The third kappa shape index (κ3) is 4.08. The van der Waals surface area contributed by atoms with Crippen LogP contribution in [0, 0.1) is 5.92 Å². The molecule has 1 saturated heterocycles. The lowest BCUT2D eigenvalue weighted by atomic mass is 9.93. The van der Waals surface area contributed by atoms with Crippen LogP contribution in [0.2, 0.25) is 0 Å². The molecule has 1 atom stereocenters. The number of carboxylic acid groups (broad SMARTS) is 1. The third-order valence-corrected chi connectivity index (χ3v) is 4.09. The topological polar surface area (TPSA) is 75.4 Å². The Hall–Kier alpha value is -1.85. The highest BCUT2D eigenvalue weighted by Gasteiger charge is 2.26. The number of aromatic nitrogens is 2. The van der Waals surface area contributed by atoms with Crippen molar-refractivity contribution in [3.63, 3.8) is 0 Å². The monoisotopic (exact) mass is 307 g/mol. The molecule has 1 N–H and O–H groups in total. The first kappa shape index (κ1) is 16.5. The molecule has 0 spiro atoms. The van der Waals surface area contributed by atoms with Crippen molar-refractivity contribution in [1.29, 1.82) is 0 Å². The van der Waals surface area contributed by atoms with E-state index in [1.807, 2.05) is 25.7 Å². The third-order valence-electron chi connectivity index (χ3n) is 4.09. The minimum atomic E-state index is -0.769. The van der Waals surface area contributed by atoms with Crippen LogP contribution in [-0.2, 0) is 10.3 Å². The fourth-order valence-corrected chi connectivity index (χ4v) is 2.80. The molecule has 1 aliphatic rings. The van der Waals surface area contributed by atoms with Gasteiger partial charge >= 0.3 is 5.97 Å². The fourth-order valence-electron chi connectivity index (χ4n) is 2.80. The second-order valence-electron chi connectivity index (χ2n) is 7.04. The van der Waals surface area contributed by atoms with Crippen molar-refractivity contribution in [3.8, 4) is 0 Å². The number of carbonyl (C=O) groups excluding carboxylic acids is 1. The lowest BCUT2D eigenvalue weighted by Gasteiger charge is -2.32. The Morgan fingerprint density at radius 1 is 1.41 bits per heavy atom. The first-order valence-electron chi connectivity index (χ1n) is 7.83. The molecule has 0 aliphatic carbocycles. The highest BCUT2D eigenvalue weighted by Crippen LogP contribution is 2.23. The minimum Gasteiger partial charge on any atom is -0.481 e. The van der Waals surface area contributed by atoms with E-state index in [-0.39, 0.29) is 23.8 Å². The Morgan fingerprint density at radius 2 is 2.14 bits per heavy atom. The number of aliphatic carboxylic acids is 1. The van der Waals surface area contributed by atoms with Crippen molar-refractivity contribution in [2.45, 2.75) is 52.0 Å². The molecule has 2 rings (SSSR count). The summed E-state index contributed by atoms with van der Waals surface area (Å²) in [6.45, 7) is 7.50. The van der Waals surface area contributed by atoms with Gasteiger partial charge in [-0.15, -0.1) is 0 Å². The van der Waals surface area contributed by atoms with Gasteiger partial charge in [0.25, 0.3) is 5.91 Å². The maximum atomic E-state index is 12.6. The largest absolute Gasteiger partial charge is 0.481 e. The van der Waals surface area contributed by atoms with Gasteiger partial charge in [-0.3, -0.25) is 14.3 Å². The summed E-state index contributed by atoms with van der Waals surface area (Å²) in [5.74, 6) is -0.489. The van der Waals surface area contributed by atoms with Gasteiger partial charge in [-0.1, -0.05) is 0 Å². The zero-order valence-corrected chi connectivity index (χ0v) is 13.6. The molecule has 1 aromatic rings. The number of hydrogen-bond acceptors (Lipinski definition) is 3. The Labute approximate surface area is 131 Å². The van der Waals surface area contributed by atoms with E-state index >= 15 is 0 Å².